The average Bonchev–Trinajstić information content (AvgIpc) is 3.67. The summed E-state index contributed by atoms with van der Waals surface area (Å²) >= 11 is 1.74. The molecule has 1 aromatic heterocycles. The number of nitrogens with two attached hydrogens (primary N) is 1. The topological polar surface area (TPSA) is 73.4 Å². The Kier molecular flexibility index (Phi) is 9.71. The number of likely N-dealkylation sites (tertiary alicyclic amines) is 1. The molecule has 2 fully saturated rings. The number of halogens is 1. The summed E-state index contributed by atoms with van der Waals surface area (Å²) in [7, 11) is 0. The number of allylic oxidation sites excluding steroid dienone is 9. The molecule has 0 radical (unpaired) electrons. The van der Waals surface area contributed by atoms with Crippen molar-refractivity contribution in [2.45, 2.75) is 68.7 Å². The Bertz CT molecular complexity index is 1880. The number of rotatable bonds is 9. The van der Waals surface area contributed by atoms with Crippen LogP contribution in [0, 0.1) is 0 Å². The molecular weight excluding hydrogens is 620 g/mol. The fourth-order valence-corrected chi connectivity index (χ4v) is 7.76. The summed E-state index contributed by atoms with van der Waals surface area (Å²) in [5.41, 5.74) is 13.3. The monoisotopic (exact) mass is 662 g/mol. The van der Waals surface area contributed by atoms with Gasteiger partial charge in [-0.1, -0.05) is 43.5 Å². The molecule has 48 heavy (non-hydrogen) atoms. The van der Waals surface area contributed by atoms with Crippen LogP contribution in [0.4, 0.5) is 4.39 Å². The second kappa shape index (κ2) is 14.4. The molecule has 2 N–H and O–H groups in total. The molecular formula is C40H43FN4O2S. The lowest BCUT2D eigenvalue weighted by Crippen LogP contribution is -2.17. The van der Waals surface area contributed by atoms with E-state index in [-0.39, 0.29) is 18.3 Å². The van der Waals surface area contributed by atoms with Gasteiger partial charge in [0.1, 0.15) is 24.0 Å². The summed E-state index contributed by atoms with van der Waals surface area (Å²) in [4.78, 5) is 20.6. The number of fused-ring (bicyclic) bond motifs is 1. The van der Waals surface area contributed by atoms with Crippen LogP contribution in [0.5, 0.6) is 0 Å². The van der Waals surface area contributed by atoms with Gasteiger partial charge in [0.2, 0.25) is 5.91 Å². The van der Waals surface area contributed by atoms with E-state index >= 15 is 4.39 Å². The summed E-state index contributed by atoms with van der Waals surface area (Å²) in [6.07, 6.45) is 23.1. The van der Waals surface area contributed by atoms with Gasteiger partial charge < -0.3 is 19.9 Å². The van der Waals surface area contributed by atoms with Crippen molar-refractivity contribution < 1.29 is 13.9 Å². The van der Waals surface area contributed by atoms with Gasteiger partial charge in [0.25, 0.3) is 0 Å². The summed E-state index contributed by atoms with van der Waals surface area (Å²) < 4.78 is 24.3. The molecule has 0 spiro atoms. The number of hydrogen-bond donors (Lipinski definition) is 1. The van der Waals surface area contributed by atoms with Gasteiger partial charge in [-0.3, -0.25) is 4.79 Å². The highest BCUT2D eigenvalue weighted by atomic mass is 32.2. The number of carbonyl (C=O) groups is 1. The second-order valence-electron chi connectivity index (χ2n) is 13.2. The number of hydrogen-bond acceptors (Lipinski definition) is 5. The third kappa shape index (κ3) is 7.09. The van der Waals surface area contributed by atoms with Crippen LogP contribution in [0.15, 0.2) is 107 Å². The Labute approximate surface area is 286 Å². The maximum Gasteiger partial charge on any atom is 0.248 e. The number of carbonyl (C=O) groups excluding carboxylic acids is 1. The molecule has 1 amide bonds. The van der Waals surface area contributed by atoms with Crippen LogP contribution in [0.2, 0.25) is 0 Å². The van der Waals surface area contributed by atoms with Gasteiger partial charge in [0.05, 0.1) is 11.0 Å². The number of primary amides is 1. The maximum atomic E-state index is 15.6. The second-order valence-corrected chi connectivity index (χ2v) is 14.0. The van der Waals surface area contributed by atoms with Gasteiger partial charge in [-0.05, 0) is 104 Å². The van der Waals surface area contributed by atoms with Crippen LogP contribution >= 0.6 is 11.8 Å². The highest BCUT2D eigenvalue weighted by Crippen LogP contribution is 2.37. The number of aromatic nitrogens is 2. The first-order valence-electron chi connectivity index (χ1n) is 17.2. The van der Waals surface area contributed by atoms with Crippen molar-refractivity contribution in [1.29, 1.82) is 0 Å². The Morgan fingerprint density at radius 3 is 2.46 bits per heavy atom. The largest absolute Gasteiger partial charge is 0.489 e. The standard InChI is InChI=1S/C40H43FN4O2S/c1-48-36-16-11-28(12-17-36)29-9-14-34(44-19-5-6-20-44)22-27(21-29)26-47-35-15-10-31(23-32(41)25-35)40-43-37-24-30(39(42)46)13-18-38(37)45(40)33-7-3-2-4-8-33/h9-18,22,24-25,33H,2-8,19-21,23,26H2,1H3,(H2,42,46). The van der Waals surface area contributed by atoms with Crippen LogP contribution in [0.1, 0.15) is 85.6 Å². The molecule has 248 valence electrons. The Balaban J connectivity index is 1.17. The highest BCUT2D eigenvalue weighted by Gasteiger charge is 2.25. The molecule has 0 atom stereocenters. The van der Waals surface area contributed by atoms with Crippen molar-refractivity contribution in [3.8, 4) is 0 Å². The minimum atomic E-state index is -0.485. The molecule has 1 saturated heterocycles. The Morgan fingerprint density at radius 2 is 1.71 bits per heavy atom. The molecule has 2 aromatic carbocycles. The normalized spacial score (nSPS) is 19.1. The quantitative estimate of drug-likeness (QED) is 0.231. The predicted octanol–water partition coefficient (Wildman–Crippen LogP) is 9.30. The van der Waals surface area contributed by atoms with Gasteiger partial charge in [-0.2, -0.15) is 0 Å². The van der Waals surface area contributed by atoms with Crippen LogP contribution in [-0.2, 0) is 4.74 Å². The van der Waals surface area contributed by atoms with E-state index < -0.39 is 5.91 Å². The Morgan fingerprint density at radius 1 is 0.938 bits per heavy atom. The van der Waals surface area contributed by atoms with Gasteiger partial charge in [-0.25, -0.2) is 9.37 Å². The number of ether oxygens (including phenoxy) is 1. The summed E-state index contributed by atoms with van der Waals surface area (Å²) in [6.45, 7) is 2.48. The zero-order valence-corrected chi connectivity index (χ0v) is 28.4. The van der Waals surface area contributed by atoms with E-state index in [1.165, 1.54) is 47.1 Å². The van der Waals surface area contributed by atoms with Crippen molar-refractivity contribution >= 4 is 39.8 Å². The minimum absolute atomic E-state index is 0.117. The molecule has 8 heteroatoms. The van der Waals surface area contributed by atoms with Gasteiger partial charge in [0, 0.05) is 53.4 Å². The molecule has 0 bridgehead atoms. The SMILES string of the molecule is CSc1ccc(C2=CC=C(N3CCCC3)C=C(COC3=CC=C(c4nc5cc(C(N)=O)ccc5n4C4CCCCC4)CC(F)=C3)C2)cc1. The lowest BCUT2D eigenvalue weighted by Gasteiger charge is -2.26. The molecule has 3 aliphatic carbocycles. The fourth-order valence-electron chi connectivity index (χ4n) is 7.35. The molecule has 4 aliphatic rings. The van der Waals surface area contributed by atoms with Crippen LogP contribution in [0.3, 0.4) is 0 Å². The lowest BCUT2D eigenvalue weighted by atomic mass is 9.94. The number of nitrogens with zero attached hydrogens (tertiary/aromatic N) is 3. The van der Waals surface area contributed by atoms with Crippen LogP contribution in [0.25, 0.3) is 22.2 Å². The van der Waals surface area contributed by atoms with Crippen LogP contribution < -0.4 is 5.73 Å². The molecule has 7 rings (SSSR count). The molecule has 0 unspecified atom stereocenters. The number of amides is 1. The third-order valence-corrected chi connectivity index (χ3v) is 10.6. The first-order valence-corrected chi connectivity index (χ1v) is 18.4. The average molecular weight is 663 g/mol. The molecule has 1 aliphatic heterocycles. The van der Waals surface area contributed by atoms with Crippen molar-refractivity contribution in [2.24, 2.45) is 5.73 Å². The minimum Gasteiger partial charge on any atom is -0.489 e. The van der Waals surface area contributed by atoms with E-state index in [9.17, 15) is 4.79 Å². The van der Waals surface area contributed by atoms with Crippen molar-refractivity contribution in [3.63, 3.8) is 0 Å². The summed E-state index contributed by atoms with van der Waals surface area (Å²) in [6, 6.07) is 14.4. The van der Waals surface area contributed by atoms with E-state index in [4.69, 9.17) is 15.5 Å². The maximum absolute atomic E-state index is 15.6. The highest BCUT2D eigenvalue weighted by molar-refractivity contribution is 7.98. The number of benzene rings is 2. The van der Waals surface area contributed by atoms with E-state index in [0.29, 0.717) is 23.4 Å². The van der Waals surface area contributed by atoms with Crippen LogP contribution in [-0.4, -0.2) is 46.3 Å². The smallest absolute Gasteiger partial charge is 0.248 e. The van der Waals surface area contributed by atoms with E-state index in [2.05, 4.69) is 58.2 Å². The van der Waals surface area contributed by atoms with E-state index in [0.717, 1.165) is 67.7 Å². The first-order chi connectivity index (χ1) is 23.4. The summed E-state index contributed by atoms with van der Waals surface area (Å²) in [5.74, 6) is 0.479. The van der Waals surface area contributed by atoms with E-state index in [1.807, 2.05) is 18.2 Å². The number of imidazole rings is 1. The zero-order chi connectivity index (χ0) is 33.0. The van der Waals surface area contributed by atoms with E-state index in [1.54, 1.807) is 23.9 Å². The van der Waals surface area contributed by atoms with Gasteiger partial charge in [0.15, 0.2) is 0 Å². The lowest BCUT2D eigenvalue weighted by molar-refractivity contribution is 0.100. The predicted molar refractivity (Wildman–Crippen MR) is 194 cm³/mol. The fraction of sp³-hybridized carbons (Fsp3) is 0.350. The number of thioether (sulfide) groups is 1. The summed E-state index contributed by atoms with van der Waals surface area (Å²) in [5, 5.41) is 0. The molecule has 2 heterocycles. The van der Waals surface area contributed by atoms with Crippen molar-refractivity contribution in [1.82, 2.24) is 14.5 Å². The Hall–Kier alpha value is -4.30. The molecule has 1 saturated carbocycles. The van der Waals surface area contributed by atoms with Crippen molar-refractivity contribution in [2.75, 3.05) is 26.0 Å². The molecule has 3 aromatic rings. The van der Waals surface area contributed by atoms with Crippen molar-refractivity contribution in [3.05, 3.63) is 119 Å². The van der Waals surface area contributed by atoms with Gasteiger partial charge in [-0.15, -0.1) is 11.8 Å². The first kappa shape index (κ1) is 32.3. The zero-order valence-electron chi connectivity index (χ0n) is 27.6. The molecule has 6 nitrogen and oxygen atoms in total. The third-order valence-electron chi connectivity index (χ3n) is 9.89. The van der Waals surface area contributed by atoms with Gasteiger partial charge >= 0.3 is 0 Å².